The summed E-state index contributed by atoms with van der Waals surface area (Å²) in [7, 11) is -3.75. The number of aliphatic carboxylic acids is 1. The Hall–Kier alpha value is -2.59. The van der Waals surface area contributed by atoms with Gasteiger partial charge in [-0.2, -0.15) is 4.39 Å². The molecule has 0 saturated heterocycles. The first-order chi connectivity index (χ1) is 16.2. The van der Waals surface area contributed by atoms with Crippen LogP contribution in [0, 0.1) is 11.7 Å². The van der Waals surface area contributed by atoms with Crippen molar-refractivity contribution in [3.05, 3.63) is 54.3 Å². The molecule has 0 saturated carbocycles. The van der Waals surface area contributed by atoms with Crippen molar-refractivity contribution >= 4 is 38.9 Å². The minimum Gasteiger partial charge on any atom is -0.476 e. The number of anilines is 2. The molecule has 0 amide bonds. The highest BCUT2D eigenvalue weighted by molar-refractivity contribution is 7.99. The third-order valence-corrected chi connectivity index (χ3v) is 8.27. The number of hydrogen-bond donors (Lipinski definition) is 1. The summed E-state index contributed by atoms with van der Waals surface area (Å²) in [6, 6.07) is 8.86. The van der Waals surface area contributed by atoms with Gasteiger partial charge >= 0.3 is 5.97 Å². The first-order valence-electron chi connectivity index (χ1n) is 11.0. The van der Waals surface area contributed by atoms with E-state index < -0.39 is 27.5 Å². The van der Waals surface area contributed by atoms with Gasteiger partial charge in [0.15, 0.2) is 9.84 Å². The molecule has 1 aliphatic heterocycles. The van der Waals surface area contributed by atoms with Crippen LogP contribution < -0.4 is 9.64 Å². The monoisotopic (exact) mass is 511 g/mol. The van der Waals surface area contributed by atoms with Crippen LogP contribution in [0.2, 0.25) is 0 Å². The molecule has 1 N–H and O–H groups in total. The average Bonchev–Trinajstić information content (AvgIpc) is 2.90. The number of carbonyl (C=O) groups is 1. The van der Waals surface area contributed by atoms with Crippen molar-refractivity contribution in [3.8, 4) is 5.75 Å². The highest BCUT2D eigenvalue weighted by Gasteiger charge is 2.33. The van der Waals surface area contributed by atoms with E-state index in [1.54, 1.807) is 18.2 Å². The summed E-state index contributed by atoms with van der Waals surface area (Å²) in [6.45, 7) is 4.37. The summed E-state index contributed by atoms with van der Waals surface area (Å²) in [4.78, 5) is 13.2. The van der Waals surface area contributed by atoms with Gasteiger partial charge in [0, 0.05) is 18.3 Å². The Morgan fingerprint density at radius 3 is 2.59 bits per heavy atom. The van der Waals surface area contributed by atoms with Gasteiger partial charge in [-0.25, -0.2) is 17.6 Å². The van der Waals surface area contributed by atoms with Gasteiger partial charge in [-0.15, -0.1) is 11.8 Å². The van der Waals surface area contributed by atoms with Crippen LogP contribution in [0.3, 0.4) is 0 Å². The fraction of sp³-hybridized carbons (Fsp3) is 0.375. The lowest BCUT2D eigenvalue weighted by molar-refractivity contribution is -0.134. The minimum absolute atomic E-state index is 0.00964. The van der Waals surface area contributed by atoms with E-state index in [0.29, 0.717) is 41.3 Å². The Morgan fingerprint density at radius 2 is 1.97 bits per heavy atom. The van der Waals surface area contributed by atoms with Crippen molar-refractivity contribution in [2.24, 2.45) is 5.92 Å². The molecule has 1 atom stereocenters. The lowest BCUT2D eigenvalue weighted by Gasteiger charge is -2.28. The lowest BCUT2D eigenvalue weighted by atomic mass is 10.0. The number of halogens is 2. The van der Waals surface area contributed by atoms with Crippen molar-refractivity contribution in [2.75, 3.05) is 23.0 Å². The highest BCUT2D eigenvalue weighted by Crippen LogP contribution is 2.43. The molecule has 0 radical (unpaired) electrons. The van der Waals surface area contributed by atoms with Gasteiger partial charge in [0.2, 0.25) is 5.83 Å². The van der Waals surface area contributed by atoms with E-state index in [1.807, 2.05) is 18.7 Å². The van der Waals surface area contributed by atoms with E-state index in [2.05, 4.69) is 0 Å². The average molecular weight is 512 g/mol. The van der Waals surface area contributed by atoms with Crippen molar-refractivity contribution in [3.63, 3.8) is 0 Å². The standard InChI is InChI=1S/C24H27F2NO5S2/c1-3-5-6-16-13-27(18-9-7-17(25)8-10-18)20-11-22(33-4-2)21(32-14-19(26)24(28)29)12-23(20)34(30,31)15-16/h7-12,14,16H,3-6,13,15H2,1-2H3,(H,28,29)/b19-14-/t16-/m0/s1. The number of carboxylic acid groups (broad SMARTS) is 1. The molecule has 0 bridgehead atoms. The minimum atomic E-state index is -3.75. The Morgan fingerprint density at radius 1 is 1.26 bits per heavy atom. The van der Waals surface area contributed by atoms with Gasteiger partial charge in [0.05, 0.1) is 21.2 Å². The number of unbranched alkanes of at least 4 members (excludes halogenated alkanes) is 1. The third kappa shape index (κ3) is 6.09. The third-order valence-electron chi connectivity index (χ3n) is 5.44. The van der Waals surface area contributed by atoms with Crippen molar-refractivity contribution in [1.82, 2.24) is 0 Å². The molecule has 34 heavy (non-hydrogen) atoms. The SMILES string of the molecule is CCCC[C@H]1CN(c2ccc(F)cc2)c2cc(SCC)c(O/C=C(\F)C(=O)O)cc2S(=O)(=O)C1. The van der Waals surface area contributed by atoms with Crippen LogP contribution in [0.5, 0.6) is 5.75 Å². The number of benzene rings is 2. The van der Waals surface area contributed by atoms with Crippen LogP contribution in [0.4, 0.5) is 20.2 Å². The normalized spacial score (nSPS) is 17.7. The zero-order valence-electron chi connectivity index (χ0n) is 19.0. The number of rotatable bonds is 9. The van der Waals surface area contributed by atoms with Gasteiger partial charge in [0.1, 0.15) is 17.8 Å². The van der Waals surface area contributed by atoms with Gasteiger partial charge < -0.3 is 14.7 Å². The fourth-order valence-electron chi connectivity index (χ4n) is 3.86. The molecule has 0 aliphatic carbocycles. The van der Waals surface area contributed by atoms with Crippen LogP contribution >= 0.6 is 11.8 Å². The highest BCUT2D eigenvalue weighted by atomic mass is 32.2. The van der Waals surface area contributed by atoms with Gasteiger partial charge in [0.25, 0.3) is 0 Å². The van der Waals surface area contributed by atoms with Crippen LogP contribution in [-0.4, -0.2) is 37.5 Å². The van der Waals surface area contributed by atoms with Crippen LogP contribution in [0.25, 0.3) is 0 Å². The number of thioether (sulfide) groups is 1. The number of carboxylic acids is 1. The zero-order chi connectivity index (χ0) is 24.9. The Labute approximate surface area is 202 Å². The summed E-state index contributed by atoms with van der Waals surface area (Å²) in [6.07, 6.45) is 2.97. The second-order valence-electron chi connectivity index (χ2n) is 7.97. The van der Waals surface area contributed by atoms with E-state index in [-0.39, 0.29) is 22.3 Å². The van der Waals surface area contributed by atoms with Crippen LogP contribution in [0.1, 0.15) is 33.1 Å². The Bertz CT molecular complexity index is 1170. The Kier molecular flexibility index (Phi) is 8.59. The number of fused-ring (bicyclic) bond motifs is 1. The maximum Gasteiger partial charge on any atom is 0.368 e. The van der Waals surface area contributed by atoms with Crippen LogP contribution in [-0.2, 0) is 14.6 Å². The van der Waals surface area contributed by atoms with E-state index in [9.17, 15) is 22.0 Å². The fourth-order valence-corrected chi connectivity index (χ4v) is 6.46. The van der Waals surface area contributed by atoms with E-state index in [1.165, 1.54) is 30.0 Å². The first-order valence-corrected chi connectivity index (χ1v) is 13.6. The quantitative estimate of drug-likeness (QED) is 0.253. The van der Waals surface area contributed by atoms with Crippen molar-refractivity contribution in [1.29, 1.82) is 0 Å². The summed E-state index contributed by atoms with van der Waals surface area (Å²) in [5, 5.41) is 8.77. The number of nitrogens with zero attached hydrogens (tertiary/aromatic N) is 1. The predicted molar refractivity (Wildman–Crippen MR) is 129 cm³/mol. The first kappa shape index (κ1) is 26.0. The van der Waals surface area contributed by atoms with Crippen molar-refractivity contribution < 1.29 is 31.8 Å². The molecular formula is C24H27F2NO5S2. The molecule has 3 rings (SSSR count). The summed E-state index contributed by atoms with van der Waals surface area (Å²) < 4.78 is 59.3. The molecule has 0 spiro atoms. The molecule has 184 valence electrons. The summed E-state index contributed by atoms with van der Waals surface area (Å²) >= 11 is 1.35. The smallest absolute Gasteiger partial charge is 0.368 e. The van der Waals surface area contributed by atoms with E-state index in [0.717, 1.165) is 12.8 Å². The molecule has 1 aliphatic rings. The number of hydrogen-bond acceptors (Lipinski definition) is 6. The van der Waals surface area contributed by atoms with Gasteiger partial charge in [-0.1, -0.05) is 26.7 Å². The largest absolute Gasteiger partial charge is 0.476 e. The van der Waals surface area contributed by atoms with E-state index in [4.69, 9.17) is 9.84 Å². The number of ether oxygens (including phenoxy) is 1. The van der Waals surface area contributed by atoms with Gasteiger partial charge in [-0.05, 0) is 48.4 Å². The van der Waals surface area contributed by atoms with E-state index >= 15 is 0 Å². The molecular weight excluding hydrogens is 484 g/mol. The molecule has 0 unspecified atom stereocenters. The molecule has 1 heterocycles. The maximum atomic E-state index is 13.6. The molecule has 2 aromatic rings. The molecule has 0 fully saturated rings. The number of sulfone groups is 1. The second kappa shape index (κ2) is 11.2. The molecule has 0 aromatic heterocycles. The second-order valence-corrected chi connectivity index (χ2v) is 11.3. The van der Waals surface area contributed by atoms with Gasteiger partial charge in [-0.3, -0.25) is 0 Å². The summed E-state index contributed by atoms with van der Waals surface area (Å²) in [5.74, 6) is -3.24. The predicted octanol–water partition coefficient (Wildman–Crippen LogP) is 5.94. The Balaban J connectivity index is 2.19. The summed E-state index contributed by atoms with van der Waals surface area (Å²) in [5.41, 5.74) is 1.08. The lowest BCUT2D eigenvalue weighted by Crippen LogP contribution is -2.26. The topological polar surface area (TPSA) is 83.9 Å². The molecule has 6 nitrogen and oxygen atoms in total. The zero-order valence-corrected chi connectivity index (χ0v) is 20.6. The molecule has 2 aromatic carbocycles. The van der Waals surface area contributed by atoms with Crippen LogP contribution in [0.15, 0.2) is 58.3 Å². The molecule has 10 heteroatoms. The maximum absolute atomic E-state index is 13.6. The van der Waals surface area contributed by atoms with Crippen molar-refractivity contribution in [2.45, 2.75) is 42.9 Å².